The second-order valence-electron chi connectivity index (χ2n) is 4.16. The van der Waals surface area contributed by atoms with E-state index in [-0.39, 0.29) is 5.91 Å². The number of carbonyl (C=O) groups excluding carboxylic acids is 1. The fourth-order valence-electron chi connectivity index (χ4n) is 2.02. The van der Waals surface area contributed by atoms with Crippen LogP contribution in [-0.2, 0) is 0 Å². The molecular weight excluding hydrogens is 202 g/mol. The molecule has 1 fully saturated rings. The molecule has 1 saturated heterocycles. The van der Waals surface area contributed by atoms with Gasteiger partial charge in [-0.2, -0.15) is 0 Å². The summed E-state index contributed by atoms with van der Waals surface area (Å²) in [6.07, 6.45) is 5.51. The van der Waals surface area contributed by atoms with E-state index in [1.54, 1.807) is 18.5 Å². The highest BCUT2D eigenvalue weighted by molar-refractivity contribution is 5.93. The molecule has 1 amide bonds. The monoisotopic (exact) mass is 219 g/mol. The lowest BCUT2D eigenvalue weighted by Gasteiger charge is -2.31. The molecule has 4 nitrogen and oxygen atoms in total. The van der Waals surface area contributed by atoms with Gasteiger partial charge in [-0.05, 0) is 31.5 Å². The van der Waals surface area contributed by atoms with Gasteiger partial charge in [-0.1, -0.05) is 0 Å². The third-order valence-corrected chi connectivity index (χ3v) is 3.05. The fourth-order valence-corrected chi connectivity index (χ4v) is 2.02. The van der Waals surface area contributed by atoms with Gasteiger partial charge >= 0.3 is 0 Å². The van der Waals surface area contributed by atoms with E-state index in [1.165, 1.54) is 0 Å². The quantitative estimate of drug-likeness (QED) is 0.804. The summed E-state index contributed by atoms with van der Waals surface area (Å²) in [6.45, 7) is 1.95. The van der Waals surface area contributed by atoms with Gasteiger partial charge in [-0.25, -0.2) is 0 Å². The van der Waals surface area contributed by atoms with Gasteiger partial charge in [0.15, 0.2) is 0 Å². The van der Waals surface area contributed by atoms with Crippen LogP contribution >= 0.6 is 0 Å². The van der Waals surface area contributed by atoms with Crippen molar-refractivity contribution in [2.45, 2.75) is 18.9 Å². The predicted molar refractivity (Wildman–Crippen MR) is 62.2 cm³/mol. The summed E-state index contributed by atoms with van der Waals surface area (Å²) >= 11 is 0. The molecule has 16 heavy (non-hydrogen) atoms. The zero-order valence-corrected chi connectivity index (χ0v) is 9.52. The third kappa shape index (κ3) is 2.39. The van der Waals surface area contributed by atoms with Gasteiger partial charge in [-0.15, -0.1) is 0 Å². The highest BCUT2D eigenvalue weighted by Crippen LogP contribution is 2.11. The van der Waals surface area contributed by atoms with Crippen molar-refractivity contribution in [3.63, 3.8) is 0 Å². The average molecular weight is 219 g/mol. The van der Waals surface area contributed by atoms with Gasteiger partial charge in [0, 0.05) is 32.0 Å². The maximum Gasteiger partial charge on any atom is 0.255 e. The largest absolute Gasteiger partial charge is 0.337 e. The zero-order chi connectivity index (χ0) is 11.4. The molecule has 0 spiro atoms. The number of hydrogen-bond donors (Lipinski definition) is 1. The number of carbonyl (C=O) groups is 1. The Hall–Kier alpha value is -1.42. The van der Waals surface area contributed by atoms with Crippen LogP contribution in [-0.4, -0.2) is 42.0 Å². The summed E-state index contributed by atoms with van der Waals surface area (Å²) in [5.41, 5.74) is 0.663. The van der Waals surface area contributed by atoms with E-state index in [0.717, 1.165) is 25.9 Å². The first-order chi connectivity index (χ1) is 7.79. The van der Waals surface area contributed by atoms with E-state index in [1.807, 2.05) is 18.0 Å². The van der Waals surface area contributed by atoms with Crippen molar-refractivity contribution in [1.82, 2.24) is 15.2 Å². The molecule has 0 saturated carbocycles. The van der Waals surface area contributed by atoms with Crippen molar-refractivity contribution in [3.05, 3.63) is 30.1 Å². The number of nitrogens with one attached hydrogen (secondary N) is 1. The number of pyridine rings is 1. The van der Waals surface area contributed by atoms with Crippen LogP contribution in [0.1, 0.15) is 23.2 Å². The molecule has 0 aromatic carbocycles. The Bertz CT molecular complexity index is 347. The lowest BCUT2D eigenvalue weighted by molar-refractivity contribution is 0.0708. The van der Waals surface area contributed by atoms with E-state index in [0.29, 0.717) is 11.6 Å². The smallest absolute Gasteiger partial charge is 0.255 e. The van der Waals surface area contributed by atoms with E-state index in [9.17, 15) is 4.79 Å². The highest BCUT2D eigenvalue weighted by Gasteiger charge is 2.22. The number of nitrogens with zero attached hydrogens (tertiary/aromatic N) is 2. The summed E-state index contributed by atoms with van der Waals surface area (Å²) in [7, 11) is 1.87. The summed E-state index contributed by atoms with van der Waals surface area (Å²) in [5, 5.41) is 3.31. The molecule has 86 valence electrons. The minimum atomic E-state index is 0.0572. The van der Waals surface area contributed by atoms with E-state index >= 15 is 0 Å². The Morgan fingerprint density at radius 2 is 2.50 bits per heavy atom. The average Bonchev–Trinajstić information content (AvgIpc) is 2.39. The Morgan fingerprint density at radius 3 is 3.12 bits per heavy atom. The van der Waals surface area contributed by atoms with Crippen LogP contribution in [0.15, 0.2) is 24.5 Å². The van der Waals surface area contributed by atoms with Crippen molar-refractivity contribution in [2.75, 3.05) is 20.1 Å². The summed E-state index contributed by atoms with van der Waals surface area (Å²) in [6, 6.07) is 3.91. The zero-order valence-electron chi connectivity index (χ0n) is 9.52. The summed E-state index contributed by atoms with van der Waals surface area (Å²) < 4.78 is 0. The van der Waals surface area contributed by atoms with Crippen LogP contribution in [0.25, 0.3) is 0 Å². The van der Waals surface area contributed by atoms with Gasteiger partial charge in [0.25, 0.3) is 5.91 Å². The Kier molecular flexibility index (Phi) is 3.51. The second kappa shape index (κ2) is 5.07. The van der Waals surface area contributed by atoms with Crippen molar-refractivity contribution < 1.29 is 4.79 Å². The Balaban J connectivity index is 2.04. The van der Waals surface area contributed by atoms with Crippen LogP contribution in [0, 0.1) is 0 Å². The number of aromatic nitrogens is 1. The van der Waals surface area contributed by atoms with Crippen LogP contribution in [0.3, 0.4) is 0 Å². The van der Waals surface area contributed by atoms with E-state index in [4.69, 9.17) is 0 Å². The molecule has 0 bridgehead atoms. The van der Waals surface area contributed by atoms with Gasteiger partial charge < -0.3 is 10.2 Å². The molecule has 1 aromatic heterocycles. The molecule has 0 aliphatic carbocycles. The molecule has 1 aliphatic heterocycles. The first-order valence-corrected chi connectivity index (χ1v) is 5.67. The van der Waals surface area contributed by atoms with Crippen LogP contribution < -0.4 is 5.32 Å². The fraction of sp³-hybridized carbons (Fsp3) is 0.500. The molecule has 1 N–H and O–H groups in total. The normalized spacial score (nSPS) is 20.4. The van der Waals surface area contributed by atoms with Crippen molar-refractivity contribution in [2.24, 2.45) is 0 Å². The maximum absolute atomic E-state index is 12.1. The minimum Gasteiger partial charge on any atom is -0.337 e. The van der Waals surface area contributed by atoms with Crippen molar-refractivity contribution in [3.8, 4) is 0 Å². The number of likely N-dealkylation sites (N-methyl/N-ethyl adjacent to an activating group) is 1. The Morgan fingerprint density at radius 1 is 1.62 bits per heavy atom. The molecule has 1 aliphatic rings. The first-order valence-electron chi connectivity index (χ1n) is 5.67. The van der Waals surface area contributed by atoms with E-state index < -0.39 is 0 Å². The minimum absolute atomic E-state index is 0.0572. The molecule has 2 rings (SSSR count). The molecule has 2 heterocycles. The first kappa shape index (κ1) is 11.1. The lowest BCUT2D eigenvalue weighted by atomic mass is 10.1. The number of hydrogen-bond acceptors (Lipinski definition) is 3. The lowest BCUT2D eigenvalue weighted by Crippen LogP contribution is -2.46. The van der Waals surface area contributed by atoms with Gasteiger partial charge in [-0.3, -0.25) is 9.78 Å². The molecule has 1 unspecified atom stereocenters. The number of piperidine rings is 1. The van der Waals surface area contributed by atoms with Gasteiger partial charge in [0.2, 0.25) is 0 Å². The molecule has 1 atom stereocenters. The van der Waals surface area contributed by atoms with E-state index in [2.05, 4.69) is 10.3 Å². The molecule has 4 heteroatoms. The molecule has 0 radical (unpaired) electrons. The SMILES string of the molecule is CN(C(=O)c1cccnc1)C1CCCNC1. The number of rotatable bonds is 2. The second-order valence-corrected chi connectivity index (χ2v) is 4.16. The standard InChI is InChI=1S/C12H17N3O/c1-15(11-5-3-7-14-9-11)12(16)10-4-2-6-13-8-10/h2,4,6,8,11,14H,3,5,7,9H2,1H3. The van der Waals surface area contributed by atoms with Crippen molar-refractivity contribution >= 4 is 5.91 Å². The molecule has 1 aromatic rings. The van der Waals surface area contributed by atoms with Crippen LogP contribution in [0.2, 0.25) is 0 Å². The van der Waals surface area contributed by atoms with Crippen LogP contribution in [0.5, 0.6) is 0 Å². The summed E-state index contributed by atoms with van der Waals surface area (Å²) in [5.74, 6) is 0.0572. The Labute approximate surface area is 95.7 Å². The summed E-state index contributed by atoms with van der Waals surface area (Å²) in [4.78, 5) is 17.9. The van der Waals surface area contributed by atoms with Crippen LogP contribution in [0.4, 0.5) is 0 Å². The highest BCUT2D eigenvalue weighted by atomic mass is 16.2. The third-order valence-electron chi connectivity index (χ3n) is 3.05. The van der Waals surface area contributed by atoms with Crippen molar-refractivity contribution in [1.29, 1.82) is 0 Å². The number of amides is 1. The topological polar surface area (TPSA) is 45.2 Å². The van der Waals surface area contributed by atoms with Gasteiger partial charge in [0.1, 0.15) is 0 Å². The maximum atomic E-state index is 12.1. The predicted octanol–water partition coefficient (Wildman–Crippen LogP) is 0.906. The van der Waals surface area contributed by atoms with Gasteiger partial charge in [0.05, 0.1) is 5.56 Å². The molecular formula is C12H17N3O.